The van der Waals surface area contributed by atoms with Crippen LogP contribution in [0.2, 0.25) is 0 Å². The molecule has 0 spiro atoms. The van der Waals surface area contributed by atoms with Crippen molar-refractivity contribution in [2.75, 3.05) is 13.2 Å². The largest absolute Gasteiger partial charge is 0.462 e. The fourth-order valence-electron chi connectivity index (χ4n) is 7.51. The number of unbranched alkanes of at least 4 members (excludes halogenated alkanes) is 32. The van der Waals surface area contributed by atoms with Gasteiger partial charge in [-0.1, -0.05) is 240 Å². The predicted octanol–water partition coefficient (Wildman–Crippen LogP) is 15.9. The van der Waals surface area contributed by atoms with E-state index in [1.807, 2.05) is 0 Å². The minimum absolute atomic E-state index is 0.0639. The molecule has 332 valence electrons. The van der Waals surface area contributed by atoms with Gasteiger partial charge in [0, 0.05) is 19.3 Å². The van der Waals surface area contributed by atoms with Gasteiger partial charge in [-0.05, 0) is 25.2 Å². The van der Waals surface area contributed by atoms with Gasteiger partial charge in [0.1, 0.15) is 13.2 Å². The zero-order valence-electron chi connectivity index (χ0n) is 38.1. The van der Waals surface area contributed by atoms with Crippen LogP contribution < -0.4 is 0 Å². The van der Waals surface area contributed by atoms with Crippen molar-refractivity contribution >= 4 is 17.9 Å². The molecule has 0 heterocycles. The number of hydrogen-bond acceptors (Lipinski definition) is 6. The summed E-state index contributed by atoms with van der Waals surface area (Å²) in [7, 11) is 0. The summed E-state index contributed by atoms with van der Waals surface area (Å²) in [6.45, 7) is 8.95. The van der Waals surface area contributed by atoms with E-state index >= 15 is 0 Å². The maximum absolute atomic E-state index is 12.7. The molecule has 6 heteroatoms. The molecule has 56 heavy (non-hydrogen) atoms. The van der Waals surface area contributed by atoms with Crippen LogP contribution in [0.5, 0.6) is 0 Å². The Morgan fingerprint density at radius 1 is 0.339 bits per heavy atom. The number of rotatable bonds is 45. The Labute approximate surface area is 348 Å². The van der Waals surface area contributed by atoms with Gasteiger partial charge in [0.2, 0.25) is 0 Å². The lowest BCUT2D eigenvalue weighted by atomic mass is 10.0. The summed E-state index contributed by atoms with van der Waals surface area (Å²) in [6.07, 6.45) is 45.3. The number of carbonyl (C=O) groups excluding carboxylic acids is 3. The van der Waals surface area contributed by atoms with E-state index in [4.69, 9.17) is 14.2 Å². The lowest BCUT2D eigenvalue weighted by molar-refractivity contribution is -0.167. The number of ether oxygens (including phenoxy) is 3. The molecular weight excluding hydrogens is 697 g/mol. The van der Waals surface area contributed by atoms with Gasteiger partial charge in [-0.3, -0.25) is 14.4 Å². The van der Waals surface area contributed by atoms with E-state index in [9.17, 15) is 14.4 Å². The zero-order valence-corrected chi connectivity index (χ0v) is 38.1. The van der Waals surface area contributed by atoms with E-state index in [-0.39, 0.29) is 31.1 Å². The Balaban J connectivity index is 4.25. The molecule has 0 fully saturated rings. The molecule has 0 saturated heterocycles. The quantitative estimate of drug-likeness (QED) is 0.0347. The third-order valence-electron chi connectivity index (χ3n) is 11.3. The third-order valence-corrected chi connectivity index (χ3v) is 11.3. The van der Waals surface area contributed by atoms with Crippen LogP contribution in [0.25, 0.3) is 0 Å². The average Bonchev–Trinajstić information content (AvgIpc) is 3.18. The molecule has 1 atom stereocenters. The van der Waals surface area contributed by atoms with Crippen molar-refractivity contribution in [3.63, 3.8) is 0 Å². The maximum Gasteiger partial charge on any atom is 0.306 e. The summed E-state index contributed by atoms with van der Waals surface area (Å²) >= 11 is 0. The van der Waals surface area contributed by atoms with E-state index in [1.54, 1.807) is 0 Å². The minimum Gasteiger partial charge on any atom is -0.462 e. The van der Waals surface area contributed by atoms with Crippen molar-refractivity contribution in [3.05, 3.63) is 0 Å². The van der Waals surface area contributed by atoms with Gasteiger partial charge >= 0.3 is 17.9 Å². The Hall–Kier alpha value is -1.59. The Bertz CT molecular complexity index is 841. The molecule has 0 N–H and O–H groups in total. The van der Waals surface area contributed by atoms with Gasteiger partial charge in [-0.15, -0.1) is 0 Å². The fourth-order valence-corrected chi connectivity index (χ4v) is 7.51. The van der Waals surface area contributed by atoms with E-state index in [1.165, 1.54) is 173 Å². The first-order chi connectivity index (χ1) is 27.4. The van der Waals surface area contributed by atoms with E-state index in [0.29, 0.717) is 19.3 Å². The number of hydrogen-bond donors (Lipinski definition) is 0. The smallest absolute Gasteiger partial charge is 0.306 e. The molecule has 0 rings (SSSR count). The average molecular weight is 793 g/mol. The molecule has 0 aliphatic rings. The summed E-state index contributed by atoms with van der Waals surface area (Å²) in [5.41, 5.74) is 0. The number of esters is 3. The second kappa shape index (κ2) is 44.5. The van der Waals surface area contributed by atoms with E-state index in [0.717, 1.165) is 63.7 Å². The van der Waals surface area contributed by atoms with Gasteiger partial charge in [-0.2, -0.15) is 0 Å². The van der Waals surface area contributed by atoms with Crippen molar-refractivity contribution in [1.82, 2.24) is 0 Å². The van der Waals surface area contributed by atoms with Gasteiger partial charge < -0.3 is 14.2 Å². The second-order valence-corrected chi connectivity index (χ2v) is 17.6. The predicted molar refractivity (Wildman–Crippen MR) is 238 cm³/mol. The molecule has 0 aliphatic carbocycles. The SMILES string of the molecule is CCCCCCCCCCCCCCCCCCCC(=O)OC[C@@H](COC(=O)CCCCCCCCC(C)C)OC(=O)CCCCCCCCCCCCCC. The highest BCUT2D eigenvalue weighted by Crippen LogP contribution is 2.17. The number of carbonyl (C=O) groups is 3. The molecular formula is C50H96O6. The van der Waals surface area contributed by atoms with Crippen LogP contribution in [0.1, 0.15) is 278 Å². The lowest BCUT2D eigenvalue weighted by Gasteiger charge is -2.18. The second-order valence-electron chi connectivity index (χ2n) is 17.6. The highest BCUT2D eigenvalue weighted by Gasteiger charge is 2.19. The standard InChI is InChI=1S/C50H96O6/c1-5-7-9-11-13-15-17-19-20-21-22-23-25-26-28-33-37-41-48(51)54-44-47(45-55-49(52)42-38-34-31-30-32-36-40-46(3)4)56-50(53)43-39-35-29-27-24-18-16-14-12-10-8-6-2/h46-47H,5-45H2,1-4H3/t47-/m0/s1. The first-order valence-corrected chi connectivity index (χ1v) is 24.9. The summed E-state index contributed by atoms with van der Waals surface area (Å²) in [4.78, 5) is 37.8. The monoisotopic (exact) mass is 793 g/mol. The Kier molecular flexibility index (Phi) is 43.2. The van der Waals surface area contributed by atoms with Gasteiger partial charge in [0.25, 0.3) is 0 Å². The molecule has 0 unspecified atom stereocenters. The van der Waals surface area contributed by atoms with E-state index in [2.05, 4.69) is 27.7 Å². The van der Waals surface area contributed by atoms with Crippen LogP contribution in [0, 0.1) is 5.92 Å². The van der Waals surface area contributed by atoms with Crippen molar-refractivity contribution in [3.8, 4) is 0 Å². The van der Waals surface area contributed by atoms with Crippen LogP contribution in [0.15, 0.2) is 0 Å². The van der Waals surface area contributed by atoms with Gasteiger partial charge in [-0.25, -0.2) is 0 Å². The zero-order chi connectivity index (χ0) is 41.0. The van der Waals surface area contributed by atoms with Crippen molar-refractivity contribution < 1.29 is 28.6 Å². The van der Waals surface area contributed by atoms with Crippen molar-refractivity contribution in [2.24, 2.45) is 5.92 Å². The molecule has 0 bridgehead atoms. The summed E-state index contributed by atoms with van der Waals surface area (Å²) < 4.78 is 16.7. The minimum atomic E-state index is -0.760. The topological polar surface area (TPSA) is 78.9 Å². The summed E-state index contributed by atoms with van der Waals surface area (Å²) in [6, 6.07) is 0. The molecule has 0 aromatic heterocycles. The fraction of sp³-hybridized carbons (Fsp3) is 0.940. The Morgan fingerprint density at radius 2 is 0.589 bits per heavy atom. The first-order valence-electron chi connectivity index (χ1n) is 24.9. The molecule has 0 aromatic rings. The normalized spacial score (nSPS) is 11.9. The molecule has 0 saturated carbocycles. The van der Waals surface area contributed by atoms with Crippen LogP contribution >= 0.6 is 0 Å². The summed E-state index contributed by atoms with van der Waals surface area (Å²) in [5.74, 6) is -0.0894. The first kappa shape index (κ1) is 54.4. The van der Waals surface area contributed by atoms with Crippen LogP contribution in [0.4, 0.5) is 0 Å². The van der Waals surface area contributed by atoms with E-state index < -0.39 is 6.10 Å². The van der Waals surface area contributed by atoms with Crippen molar-refractivity contribution in [2.45, 2.75) is 284 Å². The van der Waals surface area contributed by atoms with Crippen LogP contribution in [0.3, 0.4) is 0 Å². The Morgan fingerprint density at radius 3 is 0.875 bits per heavy atom. The third kappa shape index (κ3) is 43.5. The summed E-state index contributed by atoms with van der Waals surface area (Å²) in [5, 5.41) is 0. The molecule has 0 aliphatic heterocycles. The molecule has 0 radical (unpaired) electrons. The molecule has 6 nitrogen and oxygen atoms in total. The molecule has 0 aromatic carbocycles. The van der Waals surface area contributed by atoms with Gasteiger partial charge in [0.15, 0.2) is 6.10 Å². The highest BCUT2D eigenvalue weighted by atomic mass is 16.6. The van der Waals surface area contributed by atoms with Crippen LogP contribution in [-0.2, 0) is 28.6 Å². The van der Waals surface area contributed by atoms with Gasteiger partial charge in [0.05, 0.1) is 0 Å². The molecule has 0 amide bonds. The highest BCUT2D eigenvalue weighted by molar-refractivity contribution is 5.71. The lowest BCUT2D eigenvalue weighted by Crippen LogP contribution is -2.30. The maximum atomic E-state index is 12.7. The van der Waals surface area contributed by atoms with Crippen LogP contribution in [-0.4, -0.2) is 37.2 Å². The van der Waals surface area contributed by atoms with Crippen molar-refractivity contribution in [1.29, 1.82) is 0 Å².